The first-order valence-electron chi connectivity index (χ1n) is 8.43. The minimum Gasteiger partial charge on any atom is -0.465 e. The molecule has 1 aromatic heterocycles. The van der Waals surface area contributed by atoms with E-state index in [0.29, 0.717) is 17.2 Å². The zero-order chi connectivity index (χ0) is 19.2. The molecular weight excluding hydrogens is 374 g/mol. The van der Waals surface area contributed by atoms with Crippen molar-refractivity contribution in [2.75, 3.05) is 13.2 Å². The quantitative estimate of drug-likeness (QED) is 0.693. The maximum Gasteiger partial charge on any atom is 0.243 e. The lowest BCUT2D eigenvalue weighted by Crippen LogP contribution is -2.43. The summed E-state index contributed by atoms with van der Waals surface area (Å²) >= 11 is 5.87. The van der Waals surface area contributed by atoms with Gasteiger partial charge in [-0.05, 0) is 54.8 Å². The Balaban J connectivity index is 2.32. The third-order valence-corrected chi connectivity index (χ3v) is 6.08. The van der Waals surface area contributed by atoms with Gasteiger partial charge < -0.3 is 9.52 Å². The summed E-state index contributed by atoms with van der Waals surface area (Å²) in [6, 6.07) is 9.07. The Kier molecular flexibility index (Phi) is 7.46. The molecule has 0 spiro atoms. The molecule has 0 aliphatic heterocycles. The van der Waals surface area contributed by atoms with Crippen LogP contribution in [0.25, 0.3) is 6.08 Å². The standard InChI is InChI=1S/C19H24ClNO4S/c1-15(2)13-17(14-22)21(11-3-5-18-6-4-12-25-18)26(23,24)19-9-7-16(20)8-10-19/h3-10,12,15,17,22H,11,13-14H2,1-2H3. The van der Waals surface area contributed by atoms with Crippen LogP contribution in [-0.2, 0) is 10.0 Å². The number of nitrogens with zero attached hydrogens (tertiary/aromatic N) is 1. The molecule has 0 radical (unpaired) electrons. The van der Waals surface area contributed by atoms with E-state index < -0.39 is 16.1 Å². The van der Waals surface area contributed by atoms with Gasteiger partial charge >= 0.3 is 0 Å². The number of aliphatic hydroxyl groups excluding tert-OH is 1. The van der Waals surface area contributed by atoms with Gasteiger partial charge in [-0.1, -0.05) is 31.5 Å². The van der Waals surface area contributed by atoms with Gasteiger partial charge in [0.1, 0.15) is 5.76 Å². The predicted octanol–water partition coefficient (Wildman–Crippen LogP) is 4.04. The van der Waals surface area contributed by atoms with Crippen LogP contribution in [0.5, 0.6) is 0 Å². The molecule has 1 atom stereocenters. The zero-order valence-electron chi connectivity index (χ0n) is 14.9. The van der Waals surface area contributed by atoms with Gasteiger partial charge in [-0.3, -0.25) is 0 Å². The lowest BCUT2D eigenvalue weighted by molar-refractivity contribution is 0.175. The average molecular weight is 398 g/mol. The Bertz CT molecular complexity index is 799. The second-order valence-electron chi connectivity index (χ2n) is 6.41. The molecule has 1 aromatic carbocycles. The van der Waals surface area contributed by atoms with Gasteiger partial charge in [-0.25, -0.2) is 8.42 Å². The molecule has 0 saturated heterocycles. The molecule has 0 saturated carbocycles. The molecule has 5 nitrogen and oxygen atoms in total. The fourth-order valence-corrected chi connectivity index (χ4v) is 4.38. The highest BCUT2D eigenvalue weighted by Gasteiger charge is 2.30. The summed E-state index contributed by atoms with van der Waals surface area (Å²) in [6.45, 7) is 3.87. The van der Waals surface area contributed by atoms with Gasteiger partial charge in [0.05, 0.1) is 17.8 Å². The second-order valence-corrected chi connectivity index (χ2v) is 8.74. The highest BCUT2D eigenvalue weighted by molar-refractivity contribution is 7.89. The maximum absolute atomic E-state index is 13.1. The van der Waals surface area contributed by atoms with E-state index in [0.717, 1.165) is 0 Å². The third-order valence-electron chi connectivity index (χ3n) is 3.89. The highest BCUT2D eigenvalue weighted by atomic mass is 35.5. The summed E-state index contributed by atoms with van der Waals surface area (Å²) in [7, 11) is -3.78. The van der Waals surface area contributed by atoms with E-state index >= 15 is 0 Å². The third kappa shape index (κ3) is 5.45. The number of hydrogen-bond acceptors (Lipinski definition) is 4. The van der Waals surface area contributed by atoms with Crippen molar-refractivity contribution in [2.45, 2.75) is 31.2 Å². The summed E-state index contributed by atoms with van der Waals surface area (Å²) in [5.41, 5.74) is 0. The van der Waals surface area contributed by atoms with Crippen molar-refractivity contribution < 1.29 is 17.9 Å². The summed E-state index contributed by atoms with van der Waals surface area (Å²) in [5, 5.41) is 10.3. The molecule has 7 heteroatoms. The van der Waals surface area contributed by atoms with Crippen molar-refractivity contribution in [3.8, 4) is 0 Å². The van der Waals surface area contributed by atoms with Crippen molar-refractivity contribution >= 4 is 27.7 Å². The first-order chi connectivity index (χ1) is 12.3. The van der Waals surface area contributed by atoms with Crippen LogP contribution in [0.3, 0.4) is 0 Å². The van der Waals surface area contributed by atoms with Crippen molar-refractivity contribution in [3.05, 3.63) is 59.5 Å². The predicted molar refractivity (Wildman–Crippen MR) is 103 cm³/mol. The molecule has 142 valence electrons. The summed E-state index contributed by atoms with van der Waals surface area (Å²) in [5.74, 6) is 0.877. The van der Waals surface area contributed by atoms with E-state index in [1.54, 1.807) is 42.7 Å². The fourth-order valence-electron chi connectivity index (χ4n) is 2.67. The van der Waals surface area contributed by atoms with Gasteiger partial charge in [0, 0.05) is 17.6 Å². The molecule has 0 bridgehead atoms. The Hall–Kier alpha value is -1.60. The minimum atomic E-state index is -3.78. The van der Waals surface area contributed by atoms with Crippen LogP contribution < -0.4 is 0 Å². The van der Waals surface area contributed by atoms with E-state index in [1.165, 1.54) is 16.4 Å². The molecule has 1 unspecified atom stereocenters. The lowest BCUT2D eigenvalue weighted by Gasteiger charge is -2.30. The van der Waals surface area contributed by atoms with E-state index in [2.05, 4.69) is 0 Å². The van der Waals surface area contributed by atoms with Gasteiger partial charge in [0.15, 0.2) is 0 Å². The second kappa shape index (κ2) is 9.37. The van der Waals surface area contributed by atoms with Crippen molar-refractivity contribution in [3.63, 3.8) is 0 Å². The van der Waals surface area contributed by atoms with Crippen LogP contribution >= 0.6 is 11.6 Å². The summed E-state index contributed by atoms with van der Waals surface area (Å²) < 4.78 is 32.8. The van der Waals surface area contributed by atoms with E-state index in [1.807, 2.05) is 13.8 Å². The van der Waals surface area contributed by atoms with Crippen LogP contribution in [0.4, 0.5) is 0 Å². The average Bonchev–Trinajstić information content (AvgIpc) is 3.10. The molecule has 26 heavy (non-hydrogen) atoms. The number of sulfonamides is 1. The largest absolute Gasteiger partial charge is 0.465 e. The monoisotopic (exact) mass is 397 g/mol. The van der Waals surface area contributed by atoms with Crippen LogP contribution in [0, 0.1) is 5.92 Å². The van der Waals surface area contributed by atoms with Gasteiger partial charge in [0.2, 0.25) is 10.0 Å². The Morgan fingerprint density at radius 2 is 1.92 bits per heavy atom. The number of benzene rings is 1. The molecule has 1 N–H and O–H groups in total. The normalized spacial score (nSPS) is 13.8. The lowest BCUT2D eigenvalue weighted by atomic mass is 10.0. The SMILES string of the molecule is CC(C)CC(CO)N(CC=Cc1ccco1)S(=O)(=O)c1ccc(Cl)cc1. The maximum atomic E-state index is 13.1. The Labute approximate surface area is 159 Å². The smallest absolute Gasteiger partial charge is 0.243 e. The first-order valence-corrected chi connectivity index (χ1v) is 10.2. The van der Waals surface area contributed by atoms with E-state index in [9.17, 15) is 13.5 Å². The van der Waals surface area contributed by atoms with Crippen molar-refractivity contribution in [2.24, 2.45) is 5.92 Å². The summed E-state index contributed by atoms with van der Waals surface area (Å²) in [4.78, 5) is 0.149. The molecule has 1 heterocycles. The van der Waals surface area contributed by atoms with Gasteiger partial charge in [-0.2, -0.15) is 4.31 Å². The number of hydrogen-bond donors (Lipinski definition) is 1. The van der Waals surface area contributed by atoms with Gasteiger partial charge in [0.25, 0.3) is 0 Å². The van der Waals surface area contributed by atoms with Crippen molar-refractivity contribution in [1.29, 1.82) is 0 Å². The molecule has 0 aliphatic rings. The fraction of sp³-hybridized carbons (Fsp3) is 0.368. The van der Waals surface area contributed by atoms with E-state index in [-0.39, 0.29) is 24.0 Å². The van der Waals surface area contributed by atoms with Gasteiger partial charge in [-0.15, -0.1) is 0 Å². The van der Waals surface area contributed by atoms with Crippen LogP contribution in [-0.4, -0.2) is 37.0 Å². The Morgan fingerprint density at radius 3 is 2.46 bits per heavy atom. The number of furan rings is 1. The zero-order valence-corrected chi connectivity index (χ0v) is 16.4. The topological polar surface area (TPSA) is 70.8 Å². The van der Waals surface area contributed by atoms with Crippen LogP contribution in [0.15, 0.2) is 58.1 Å². The minimum absolute atomic E-state index is 0.129. The van der Waals surface area contributed by atoms with Crippen LogP contribution in [0.1, 0.15) is 26.0 Å². The number of rotatable bonds is 9. The molecular formula is C19H24ClNO4S. The molecule has 0 amide bonds. The molecule has 2 aromatic rings. The summed E-state index contributed by atoms with van der Waals surface area (Å²) in [6.07, 6.45) is 5.54. The first kappa shape index (κ1) is 20.7. The molecule has 0 fully saturated rings. The number of halogens is 1. The molecule has 0 aliphatic carbocycles. The van der Waals surface area contributed by atoms with E-state index in [4.69, 9.17) is 16.0 Å². The highest BCUT2D eigenvalue weighted by Crippen LogP contribution is 2.23. The molecule has 2 rings (SSSR count). The van der Waals surface area contributed by atoms with Crippen molar-refractivity contribution in [1.82, 2.24) is 4.31 Å². The number of aliphatic hydroxyl groups is 1. The Morgan fingerprint density at radius 1 is 1.23 bits per heavy atom. The van der Waals surface area contributed by atoms with Crippen LogP contribution in [0.2, 0.25) is 5.02 Å².